The number of rotatable bonds is 9. The van der Waals surface area contributed by atoms with Gasteiger partial charge in [0.05, 0.1) is 10.6 Å². The van der Waals surface area contributed by atoms with Crippen molar-refractivity contribution in [2.45, 2.75) is 63.7 Å². The molecule has 1 fully saturated rings. The lowest BCUT2D eigenvalue weighted by Crippen LogP contribution is -2.34. The fourth-order valence-electron chi connectivity index (χ4n) is 2.71. The third-order valence-electron chi connectivity index (χ3n) is 4.23. The van der Waals surface area contributed by atoms with Crippen molar-refractivity contribution in [3.63, 3.8) is 0 Å². The maximum Gasteiger partial charge on any atom is 0.230 e. The molecule has 2 aromatic heterocycles. The summed E-state index contributed by atoms with van der Waals surface area (Å²) in [6.45, 7) is 6.49. The Morgan fingerprint density at radius 1 is 1.36 bits per heavy atom. The van der Waals surface area contributed by atoms with Crippen molar-refractivity contribution >= 4 is 29.0 Å². The van der Waals surface area contributed by atoms with E-state index >= 15 is 0 Å². The molecule has 0 saturated heterocycles. The molecule has 136 valence electrons. The van der Waals surface area contributed by atoms with Gasteiger partial charge >= 0.3 is 0 Å². The molecule has 1 aliphatic rings. The Kier molecular flexibility index (Phi) is 6.17. The van der Waals surface area contributed by atoms with E-state index in [1.807, 2.05) is 6.07 Å². The van der Waals surface area contributed by atoms with Crippen LogP contribution in [0.2, 0.25) is 0 Å². The van der Waals surface area contributed by atoms with Gasteiger partial charge in [-0.3, -0.25) is 9.36 Å². The molecule has 2 aromatic rings. The van der Waals surface area contributed by atoms with Crippen LogP contribution in [0.25, 0.3) is 10.7 Å². The lowest BCUT2D eigenvalue weighted by molar-refractivity contribution is -0.119. The van der Waals surface area contributed by atoms with Gasteiger partial charge in [0, 0.05) is 12.1 Å². The van der Waals surface area contributed by atoms with E-state index in [2.05, 4.69) is 52.3 Å². The zero-order chi connectivity index (χ0) is 17.8. The molecule has 25 heavy (non-hydrogen) atoms. The summed E-state index contributed by atoms with van der Waals surface area (Å²) in [4.78, 5) is 13.4. The summed E-state index contributed by atoms with van der Waals surface area (Å²) in [6.07, 6.45) is 4.49. The maximum absolute atomic E-state index is 12.2. The Hall–Kier alpha value is -1.34. The fraction of sp³-hybridized carbons (Fsp3) is 0.611. The zero-order valence-corrected chi connectivity index (χ0v) is 16.7. The van der Waals surface area contributed by atoms with Crippen LogP contribution in [0.1, 0.15) is 52.5 Å². The monoisotopic (exact) mass is 378 g/mol. The summed E-state index contributed by atoms with van der Waals surface area (Å²) in [6, 6.07) is 4.82. The molecule has 0 spiro atoms. The van der Waals surface area contributed by atoms with Crippen molar-refractivity contribution in [3.8, 4) is 10.7 Å². The highest BCUT2D eigenvalue weighted by Gasteiger charge is 2.30. The van der Waals surface area contributed by atoms with Crippen LogP contribution in [0.15, 0.2) is 22.7 Å². The van der Waals surface area contributed by atoms with Gasteiger partial charge in [-0.05, 0) is 50.0 Å². The largest absolute Gasteiger partial charge is 0.353 e. The third kappa shape index (κ3) is 5.07. The SMILES string of the molecule is CC(C)CCC(C)NC(=O)CSc1nnc(-c2cccs2)n1C1CC1. The van der Waals surface area contributed by atoms with Gasteiger partial charge in [-0.2, -0.15) is 0 Å². The first-order valence-electron chi connectivity index (χ1n) is 8.95. The van der Waals surface area contributed by atoms with Gasteiger partial charge in [-0.15, -0.1) is 21.5 Å². The minimum Gasteiger partial charge on any atom is -0.353 e. The molecule has 0 bridgehead atoms. The topological polar surface area (TPSA) is 59.8 Å². The number of nitrogens with one attached hydrogen (secondary N) is 1. The molecule has 1 aliphatic carbocycles. The number of hydrogen-bond acceptors (Lipinski definition) is 5. The minimum atomic E-state index is 0.0734. The molecule has 7 heteroatoms. The highest BCUT2D eigenvalue weighted by molar-refractivity contribution is 7.99. The van der Waals surface area contributed by atoms with Crippen LogP contribution in [-0.2, 0) is 4.79 Å². The first-order chi connectivity index (χ1) is 12.0. The van der Waals surface area contributed by atoms with Gasteiger partial charge < -0.3 is 5.32 Å². The average molecular weight is 379 g/mol. The number of carbonyl (C=O) groups is 1. The van der Waals surface area contributed by atoms with Gasteiger partial charge in [0.25, 0.3) is 0 Å². The quantitative estimate of drug-likeness (QED) is 0.658. The molecule has 0 radical (unpaired) electrons. The minimum absolute atomic E-state index is 0.0734. The molecule has 2 heterocycles. The number of aromatic nitrogens is 3. The average Bonchev–Trinajstić information content (AvgIpc) is 3.10. The van der Waals surface area contributed by atoms with Crippen LogP contribution >= 0.6 is 23.1 Å². The van der Waals surface area contributed by atoms with Gasteiger partial charge in [-0.1, -0.05) is 31.7 Å². The van der Waals surface area contributed by atoms with Crippen LogP contribution in [0, 0.1) is 5.92 Å². The maximum atomic E-state index is 12.2. The lowest BCUT2D eigenvalue weighted by Gasteiger charge is -2.15. The first-order valence-corrected chi connectivity index (χ1v) is 10.8. The van der Waals surface area contributed by atoms with E-state index in [4.69, 9.17) is 0 Å². The van der Waals surface area contributed by atoms with Gasteiger partial charge in [-0.25, -0.2) is 0 Å². The highest BCUT2D eigenvalue weighted by Crippen LogP contribution is 2.41. The summed E-state index contributed by atoms with van der Waals surface area (Å²) in [5.74, 6) is 2.07. The van der Waals surface area contributed by atoms with E-state index in [0.29, 0.717) is 17.7 Å². The molecule has 0 aliphatic heterocycles. The van der Waals surface area contributed by atoms with E-state index in [1.165, 1.54) is 24.6 Å². The molecule has 5 nitrogen and oxygen atoms in total. The van der Waals surface area contributed by atoms with Crippen molar-refractivity contribution in [2.75, 3.05) is 5.75 Å². The highest BCUT2D eigenvalue weighted by atomic mass is 32.2. The van der Waals surface area contributed by atoms with Crippen LogP contribution in [0.5, 0.6) is 0 Å². The number of thioether (sulfide) groups is 1. The standard InChI is InChI=1S/C18H26N4OS2/c1-12(2)6-7-13(3)19-16(23)11-25-18-21-20-17(15-5-4-10-24-15)22(18)14-8-9-14/h4-5,10,12-14H,6-9,11H2,1-3H3,(H,19,23). The smallest absolute Gasteiger partial charge is 0.230 e. The number of amides is 1. The molecule has 1 atom stereocenters. The van der Waals surface area contributed by atoms with Gasteiger partial charge in [0.2, 0.25) is 5.91 Å². The predicted octanol–water partition coefficient (Wildman–Crippen LogP) is 4.37. The van der Waals surface area contributed by atoms with Crippen LogP contribution in [0.4, 0.5) is 0 Å². The molecule has 0 aromatic carbocycles. The van der Waals surface area contributed by atoms with Gasteiger partial charge in [0.15, 0.2) is 11.0 Å². The van der Waals surface area contributed by atoms with Crippen molar-refractivity contribution < 1.29 is 4.79 Å². The predicted molar refractivity (Wildman–Crippen MR) is 104 cm³/mol. The number of nitrogens with zero attached hydrogens (tertiary/aromatic N) is 3. The van der Waals surface area contributed by atoms with E-state index < -0.39 is 0 Å². The first kappa shape index (κ1) is 18.5. The molecule has 1 unspecified atom stereocenters. The molecular weight excluding hydrogens is 352 g/mol. The second kappa shape index (κ2) is 8.36. The molecule has 1 N–H and O–H groups in total. The molecule has 1 amide bonds. The third-order valence-corrected chi connectivity index (χ3v) is 6.04. The second-order valence-corrected chi connectivity index (χ2v) is 9.00. The van der Waals surface area contributed by atoms with Crippen LogP contribution in [0.3, 0.4) is 0 Å². The summed E-state index contributed by atoms with van der Waals surface area (Å²) in [5, 5.41) is 14.7. The van der Waals surface area contributed by atoms with E-state index in [9.17, 15) is 4.79 Å². The Balaban J connectivity index is 1.57. The Morgan fingerprint density at radius 3 is 2.80 bits per heavy atom. The number of thiophene rings is 1. The number of carbonyl (C=O) groups excluding carboxylic acids is 1. The van der Waals surface area contributed by atoms with E-state index in [0.717, 1.165) is 28.7 Å². The van der Waals surface area contributed by atoms with Crippen molar-refractivity contribution in [2.24, 2.45) is 5.92 Å². The van der Waals surface area contributed by atoms with Crippen LogP contribution in [-0.4, -0.2) is 32.5 Å². The Labute approximate surface area is 157 Å². The normalized spacial score (nSPS) is 15.5. The van der Waals surface area contributed by atoms with E-state index in [1.54, 1.807) is 11.3 Å². The van der Waals surface area contributed by atoms with Crippen molar-refractivity contribution in [1.82, 2.24) is 20.1 Å². The summed E-state index contributed by atoms with van der Waals surface area (Å²) in [5.41, 5.74) is 0. The van der Waals surface area contributed by atoms with Gasteiger partial charge in [0.1, 0.15) is 0 Å². The van der Waals surface area contributed by atoms with Crippen molar-refractivity contribution in [1.29, 1.82) is 0 Å². The molecule has 3 rings (SSSR count). The van der Waals surface area contributed by atoms with E-state index in [-0.39, 0.29) is 11.9 Å². The Morgan fingerprint density at radius 2 is 2.16 bits per heavy atom. The van der Waals surface area contributed by atoms with Crippen LogP contribution < -0.4 is 5.32 Å². The second-order valence-electron chi connectivity index (χ2n) is 7.11. The lowest BCUT2D eigenvalue weighted by atomic mass is 10.0. The summed E-state index contributed by atoms with van der Waals surface area (Å²) >= 11 is 3.17. The molecule has 1 saturated carbocycles. The fourth-order valence-corrected chi connectivity index (χ4v) is 4.24. The van der Waals surface area contributed by atoms with Crippen molar-refractivity contribution in [3.05, 3.63) is 17.5 Å². The summed E-state index contributed by atoms with van der Waals surface area (Å²) < 4.78 is 2.21. The zero-order valence-electron chi connectivity index (χ0n) is 15.1. The number of hydrogen-bond donors (Lipinski definition) is 1. The summed E-state index contributed by atoms with van der Waals surface area (Å²) in [7, 11) is 0. The molecular formula is C18H26N4OS2. The Bertz CT molecular complexity index is 692.